The van der Waals surface area contributed by atoms with E-state index in [1.165, 1.54) is 11.1 Å². The molecule has 154 valence electrons. The highest BCUT2D eigenvalue weighted by atomic mass is 16.5. The van der Waals surface area contributed by atoms with E-state index in [2.05, 4.69) is 46.3 Å². The van der Waals surface area contributed by atoms with Crippen molar-refractivity contribution >= 4 is 11.6 Å². The first-order chi connectivity index (χ1) is 14.2. The number of fused-ring (bicyclic) bond motifs is 1. The van der Waals surface area contributed by atoms with E-state index in [9.17, 15) is 4.79 Å². The molecule has 6 nitrogen and oxygen atoms in total. The normalized spacial score (nSPS) is 17.6. The van der Waals surface area contributed by atoms with Gasteiger partial charge in [0.15, 0.2) is 11.5 Å². The molecule has 29 heavy (non-hydrogen) atoms. The molecule has 0 unspecified atom stereocenters. The van der Waals surface area contributed by atoms with Crippen molar-refractivity contribution in [2.24, 2.45) is 0 Å². The van der Waals surface area contributed by atoms with E-state index in [1.54, 1.807) is 0 Å². The molecule has 1 amide bonds. The molecule has 0 bridgehead atoms. The second-order valence-electron chi connectivity index (χ2n) is 7.80. The van der Waals surface area contributed by atoms with Gasteiger partial charge in [-0.05, 0) is 24.6 Å². The smallest absolute Gasteiger partial charge is 0.238 e. The third-order valence-electron chi connectivity index (χ3n) is 5.35. The number of nitrogens with one attached hydrogen (secondary N) is 1. The Morgan fingerprint density at radius 1 is 0.966 bits per heavy atom. The average Bonchev–Trinajstić information content (AvgIpc) is 2.94. The fraction of sp³-hybridized carbons (Fsp3) is 0.435. The summed E-state index contributed by atoms with van der Waals surface area (Å²) in [6, 6.07) is 14.2. The van der Waals surface area contributed by atoms with Gasteiger partial charge in [0.25, 0.3) is 0 Å². The predicted molar refractivity (Wildman–Crippen MR) is 114 cm³/mol. The Kier molecular flexibility index (Phi) is 6.32. The van der Waals surface area contributed by atoms with E-state index in [4.69, 9.17) is 9.47 Å². The number of carbonyl (C=O) groups is 1. The maximum Gasteiger partial charge on any atom is 0.238 e. The molecule has 0 saturated carbocycles. The van der Waals surface area contributed by atoms with Crippen molar-refractivity contribution in [2.45, 2.75) is 19.9 Å². The first kappa shape index (κ1) is 19.7. The zero-order chi connectivity index (χ0) is 20.1. The van der Waals surface area contributed by atoms with Gasteiger partial charge in [0.05, 0.1) is 19.8 Å². The van der Waals surface area contributed by atoms with Crippen LogP contribution in [0.3, 0.4) is 0 Å². The lowest BCUT2D eigenvalue weighted by atomic mass is 10.1. The van der Waals surface area contributed by atoms with Gasteiger partial charge in [-0.3, -0.25) is 14.6 Å². The highest BCUT2D eigenvalue weighted by molar-refractivity contribution is 5.92. The highest BCUT2D eigenvalue weighted by Crippen LogP contribution is 2.32. The first-order valence-corrected chi connectivity index (χ1v) is 10.4. The summed E-state index contributed by atoms with van der Waals surface area (Å²) in [5, 5.41) is 2.99. The molecular weight excluding hydrogens is 366 g/mol. The van der Waals surface area contributed by atoms with Gasteiger partial charge in [-0.1, -0.05) is 29.8 Å². The lowest BCUT2D eigenvalue weighted by molar-refractivity contribution is -0.117. The molecule has 0 aliphatic carbocycles. The molecule has 6 heteroatoms. The number of rotatable bonds is 5. The summed E-state index contributed by atoms with van der Waals surface area (Å²) in [6.45, 7) is 8.57. The maximum atomic E-state index is 12.5. The van der Waals surface area contributed by atoms with E-state index in [0.29, 0.717) is 25.5 Å². The topological polar surface area (TPSA) is 54.0 Å². The fourth-order valence-corrected chi connectivity index (χ4v) is 3.82. The molecule has 0 radical (unpaired) electrons. The van der Waals surface area contributed by atoms with Crippen LogP contribution in [-0.4, -0.2) is 61.6 Å². The van der Waals surface area contributed by atoms with E-state index >= 15 is 0 Å². The average molecular weight is 396 g/mol. The Morgan fingerprint density at radius 2 is 1.72 bits per heavy atom. The molecule has 0 aromatic heterocycles. The number of benzene rings is 2. The third kappa shape index (κ3) is 5.49. The fourth-order valence-electron chi connectivity index (χ4n) is 3.82. The number of aryl methyl sites for hydroxylation is 1. The quantitative estimate of drug-likeness (QED) is 0.844. The van der Waals surface area contributed by atoms with Gasteiger partial charge in [-0.15, -0.1) is 0 Å². The molecule has 1 fully saturated rings. The van der Waals surface area contributed by atoms with E-state index < -0.39 is 0 Å². The largest absolute Gasteiger partial charge is 0.490 e. The summed E-state index contributed by atoms with van der Waals surface area (Å²) in [5.41, 5.74) is 3.40. The van der Waals surface area contributed by atoms with E-state index in [0.717, 1.165) is 50.6 Å². The van der Waals surface area contributed by atoms with Crippen molar-refractivity contribution in [3.8, 4) is 11.5 Å². The Labute approximate surface area is 172 Å². The molecule has 1 saturated heterocycles. The van der Waals surface area contributed by atoms with Gasteiger partial charge < -0.3 is 14.8 Å². The van der Waals surface area contributed by atoms with Crippen molar-refractivity contribution in [1.29, 1.82) is 0 Å². The van der Waals surface area contributed by atoms with Gasteiger partial charge in [0.2, 0.25) is 5.91 Å². The van der Waals surface area contributed by atoms with Crippen LogP contribution >= 0.6 is 0 Å². The molecule has 2 aliphatic rings. The monoisotopic (exact) mass is 395 g/mol. The molecule has 0 spiro atoms. The van der Waals surface area contributed by atoms with Crippen LogP contribution in [0.2, 0.25) is 0 Å². The third-order valence-corrected chi connectivity index (χ3v) is 5.35. The molecule has 2 aromatic carbocycles. The van der Waals surface area contributed by atoms with Crippen LogP contribution < -0.4 is 14.8 Å². The number of anilines is 1. The number of carbonyl (C=O) groups excluding carboxylic acids is 1. The van der Waals surface area contributed by atoms with Crippen LogP contribution in [0.5, 0.6) is 11.5 Å². The maximum absolute atomic E-state index is 12.5. The minimum absolute atomic E-state index is 0.00613. The Bertz CT molecular complexity index is 847. The number of hydrogen-bond donors (Lipinski definition) is 1. The first-order valence-electron chi connectivity index (χ1n) is 10.4. The van der Waals surface area contributed by atoms with Crippen molar-refractivity contribution in [2.75, 3.05) is 51.3 Å². The summed E-state index contributed by atoms with van der Waals surface area (Å²) in [4.78, 5) is 17.2. The molecule has 0 atom stereocenters. The lowest BCUT2D eigenvalue weighted by Crippen LogP contribution is -2.48. The number of hydrogen-bond acceptors (Lipinski definition) is 5. The zero-order valence-electron chi connectivity index (χ0n) is 17.0. The standard InChI is InChI=1S/C23H29N3O3/c1-18-4-2-5-19(14-18)16-25-8-10-26(11-9-25)17-23(27)24-20-6-7-21-22(15-20)29-13-3-12-28-21/h2,4-7,14-15H,3,8-13,16-17H2,1H3,(H,24,27). The van der Waals surface area contributed by atoms with Crippen LogP contribution in [0.25, 0.3) is 0 Å². The Morgan fingerprint density at radius 3 is 2.52 bits per heavy atom. The van der Waals surface area contributed by atoms with Gasteiger partial charge in [-0.2, -0.15) is 0 Å². The second kappa shape index (κ2) is 9.29. The van der Waals surface area contributed by atoms with Crippen LogP contribution in [0.15, 0.2) is 42.5 Å². The summed E-state index contributed by atoms with van der Waals surface area (Å²) in [6.07, 6.45) is 0.867. The summed E-state index contributed by atoms with van der Waals surface area (Å²) in [7, 11) is 0. The minimum Gasteiger partial charge on any atom is -0.490 e. The lowest BCUT2D eigenvalue weighted by Gasteiger charge is -2.34. The van der Waals surface area contributed by atoms with Gasteiger partial charge in [0.1, 0.15) is 0 Å². The number of amides is 1. The molecular formula is C23H29N3O3. The number of nitrogens with zero attached hydrogens (tertiary/aromatic N) is 2. The van der Waals surface area contributed by atoms with Crippen molar-refractivity contribution in [3.63, 3.8) is 0 Å². The molecule has 1 N–H and O–H groups in total. The summed E-state index contributed by atoms with van der Waals surface area (Å²) >= 11 is 0. The van der Waals surface area contributed by atoms with Crippen molar-refractivity contribution < 1.29 is 14.3 Å². The van der Waals surface area contributed by atoms with Gasteiger partial charge in [-0.25, -0.2) is 0 Å². The van der Waals surface area contributed by atoms with E-state index in [1.807, 2.05) is 18.2 Å². The zero-order valence-corrected chi connectivity index (χ0v) is 17.0. The number of ether oxygens (including phenoxy) is 2. The van der Waals surface area contributed by atoms with Crippen LogP contribution in [0.1, 0.15) is 17.5 Å². The molecule has 2 aliphatic heterocycles. The van der Waals surface area contributed by atoms with E-state index in [-0.39, 0.29) is 5.91 Å². The van der Waals surface area contributed by atoms with Crippen LogP contribution in [-0.2, 0) is 11.3 Å². The summed E-state index contributed by atoms with van der Waals surface area (Å²) < 4.78 is 11.3. The SMILES string of the molecule is Cc1cccc(CN2CCN(CC(=O)Nc3ccc4c(c3)OCCCO4)CC2)c1. The molecule has 2 aromatic rings. The van der Waals surface area contributed by atoms with Crippen LogP contribution in [0, 0.1) is 6.92 Å². The Hall–Kier alpha value is -2.57. The number of piperazine rings is 1. The van der Waals surface area contributed by atoms with Crippen molar-refractivity contribution in [1.82, 2.24) is 9.80 Å². The predicted octanol–water partition coefficient (Wildman–Crippen LogP) is 2.91. The molecule has 2 heterocycles. The minimum atomic E-state index is 0.00613. The Balaban J connectivity index is 1.24. The second-order valence-corrected chi connectivity index (χ2v) is 7.80. The van der Waals surface area contributed by atoms with Gasteiger partial charge >= 0.3 is 0 Å². The molecule has 4 rings (SSSR count). The van der Waals surface area contributed by atoms with Crippen molar-refractivity contribution in [3.05, 3.63) is 53.6 Å². The summed E-state index contributed by atoms with van der Waals surface area (Å²) in [5.74, 6) is 1.45. The highest BCUT2D eigenvalue weighted by Gasteiger charge is 2.19. The van der Waals surface area contributed by atoms with Gasteiger partial charge in [0, 0.05) is 50.9 Å². The van der Waals surface area contributed by atoms with Crippen LogP contribution in [0.4, 0.5) is 5.69 Å².